The van der Waals surface area contributed by atoms with Crippen molar-refractivity contribution in [2.75, 3.05) is 0 Å². The van der Waals surface area contributed by atoms with Gasteiger partial charge in [0.15, 0.2) is 0 Å². The van der Waals surface area contributed by atoms with Crippen LogP contribution in [0.4, 0.5) is 8.78 Å². The van der Waals surface area contributed by atoms with Crippen LogP contribution in [-0.4, -0.2) is 3.21 Å². The Labute approximate surface area is 298 Å². The Hall–Kier alpha value is -3.10. The fourth-order valence-corrected chi connectivity index (χ4v) is 6.94. The van der Waals surface area contributed by atoms with Crippen molar-refractivity contribution in [2.24, 2.45) is 0 Å². The van der Waals surface area contributed by atoms with Gasteiger partial charge in [0.2, 0.25) is 0 Å². The van der Waals surface area contributed by atoms with Gasteiger partial charge in [-0.25, -0.2) is 18.2 Å². The van der Waals surface area contributed by atoms with Crippen molar-refractivity contribution in [3.63, 3.8) is 0 Å². The molecule has 5 aromatic carbocycles. The van der Waals surface area contributed by atoms with E-state index in [1.807, 2.05) is 42.5 Å². The number of hydrogen-bond acceptors (Lipinski definition) is 0. The minimum absolute atomic E-state index is 0. The van der Waals surface area contributed by atoms with E-state index in [-0.39, 0.29) is 47.3 Å². The van der Waals surface area contributed by atoms with Crippen LogP contribution in [0.2, 0.25) is 0 Å². The molecule has 0 heterocycles. The fourth-order valence-electron chi connectivity index (χ4n) is 6.18. The third kappa shape index (κ3) is 7.39. The Balaban J connectivity index is 0.000000183. The number of halogens is 4. The maximum absolute atomic E-state index is 13.0. The van der Waals surface area contributed by atoms with Gasteiger partial charge >= 0.3 is 108 Å². The Morgan fingerprint density at radius 2 is 1.26 bits per heavy atom. The normalized spacial score (nSPS) is 14.6. The van der Waals surface area contributed by atoms with Crippen molar-refractivity contribution in [2.45, 2.75) is 44.9 Å². The van der Waals surface area contributed by atoms with Crippen LogP contribution >= 0.6 is 0 Å². The van der Waals surface area contributed by atoms with Gasteiger partial charge in [-0.05, 0) is 45.9 Å². The summed E-state index contributed by atoms with van der Waals surface area (Å²) in [5.41, 5.74) is 13.3. The van der Waals surface area contributed by atoms with Gasteiger partial charge in [-0.2, -0.15) is 23.8 Å². The minimum atomic E-state index is -0.270. The van der Waals surface area contributed by atoms with E-state index in [4.69, 9.17) is 0 Å². The molecule has 3 aliphatic carbocycles. The average Bonchev–Trinajstić information content (AvgIpc) is 3.79. The number of benzene rings is 4. The van der Waals surface area contributed by atoms with E-state index in [0.717, 1.165) is 45.0 Å². The maximum atomic E-state index is 13.0. The SMILES string of the molecule is CC1(C)[C-]=Cc2cc3c(cc21)Cc1cc2c(cc1-3)C=CC2(C)C.Fc1cccc([C](=[Zr+2])c2cccc(F)c2)c1.[Cl-].[Cl-].c1cc[cH-]c1. The number of allylic oxidation sites excluding steroid dienone is 2. The summed E-state index contributed by atoms with van der Waals surface area (Å²) in [7, 11) is 0. The van der Waals surface area contributed by atoms with Crippen molar-refractivity contribution in [3.05, 3.63) is 171 Å². The monoisotopic (exact) mass is 724 g/mol. The number of hydrogen-bond donors (Lipinski definition) is 0. The van der Waals surface area contributed by atoms with Crippen LogP contribution in [-0.2, 0) is 41.5 Å². The molecule has 3 aliphatic rings. The molecule has 0 spiro atoms. The van der Waals surface area contributed by atoms with E-state index in [2.05, 4.69) is 76.3 Å². The summed E-state index contributed by atoms with van der Waals surface area (Å²) in [4.78, 5) is 0. The predicted octanol–water partition coefficient (Wildman–Crippen LogP) is 4.16. The molecule has 0 bridgehead atoms. The Kier molecular flexibility index (Phi) is 11.2. The maximum Gasteiger partial charge on any atom is -0.172 e. The predicted molar refractivity (Wildman–Crippen MR) is 176 cm³/mol. The van der Waals surface area contributed by atoms with Crippen molar-refractivity contribution < 1.29 is 57.8 Å². The van der Waals surface area contributed by atoms with Gasteiger partial charge in [0.05, 0.1) is 0 Å². The summed E-state index contributed by atoms with van der Waals surface area (Å²) in [6.07, 6.45) is 11.4. The summed E-state index contributed by atoms with van der Waals surface area (Å²) in [5, 5.41) is 0. The first kappa shape index (κ1) is 35.8. The van der Waals surface area contributed by atoms with E-state index >= 15 is 0 Å². The zero-order valence-corrected chi connectivity index (χ0v) is 30.2. The largest absolute Gasteiger partial charge is 1.00 e. The summed E-state index contributed by atoms with van der Waals surface area (Å²) >= 11 is 1.13. The molecule has 0 fully saturated rings. The molecule has 0 saturated carbocycles. The van der Waals surface area contributed by atoms with Gasteiger partial charge in [0, 0.05) is 5.41 Å². The van der Waals surface area contributed by atoms with Crippen LogP contribution in [0.15, 0.2) is 109 Å². The van der Waals surface area contributed by atoms with Crippen LogP contribution in [0.3, 0.4) is 0 Å². The molecule has 0 unspecified atom stereocenters. The third-order valence-corrected chi connectivity index (χ3v) is 10.1. The summed E-state index contributed by atoms with van der Waals surface area (Å²) in [6, 6.07) is 32.4. The van der Waals surface area contributed by atoms with Crippen LogP contribution < -0.4 is 24.8 Å². The molecule has 8 rings (SSSR count). The second kappa shape index (κ2) is 14.3. The van der Waals surface area contributed by atoms with Gasteiger partial charge in [-0.15, -0.1) is 11.6 Å². The molecule has 232 valence electrons. The zero-order valence-electron chi connectivity index (χ0n) is 26.3. The van der Waals surface area contributed by atoms with Crippen LogP contribution in [0.5, 0.6) is 0 Å². The van der Waals surface area contributed by atoms with E-state index in [1.165, 1.54) is 68.8 Å². The summed E-state index contributed by atoms with van der Waals surface area (Å²) < 4.78 is 27.0. The molecule has 0 N–H and O–H groups in total. The second-order valence-corrected chi connectivity index (χ2v) is 13.9. The van der Waals surface area contributed by atoms with E-state index in [1.54, 1.807) is 12.1 Å². The topological polar surface area (TPSA) is 0 Å². The van der Waals surface area contributed by atoms with Gasteiger partial charge in [-0.1, -0.05) is 57.4 Å². The summed E-state index contributed by atoms with van der Waals surface area (Å²) in [6.45, 7) is 9.13. The average molecular weight is 727 g/mol. The molecular formula is C41H34Cl2F2Zr-2. The molecule has 0 amide bonds. The Morgan fingerprint density at radius 1 is 0.717 bits per heavy atom. The van der Waals surface area contributed by atoms with Crippen molar-refractivity contribution in [1.82, 2.24) is 0 Å². The van der Waals surface area contributed by atoms with Crippen LogP contribution in [0.25, 0.3) is 23.3 Å². The van der Waals surface area contributed by atoms with Crippen molar-refractivity contribution in [1.29, 1.82) is 0 Å². The van der Waals surface area contributed by atoms with Gasteiger partial charge < -0.3 is 24.8 Å². The van der Waals surface area contributed by atoms with Crippen molar-refractivity contribution >= 4 is 15.4 Å². The van der Waals surface area contributed by atoms with Gasteiger partial charge in [0.1, 0.15) is 0 Å². The number of rotatable bonds is 2. The second-order valence-electron chi connectivity index (χ2n) is 12.7. The molecule has 0 saturated heterocycles. The van der Waals surface area contributed by atoms with E-state index in [0.29, 0.717) is 0 Å². The first-order chi connectivity index (χ1) is 21.0. The molecule has 0 aliphatic heterocycles. The third-order valence-electron chi connectivity index (χ3n) is 8.64. The van der Waals surface area contributed by atoms with E-state index in [9.17, 15) is 8.78 Å². The first-order valence-electron chi connectivity index (χ1n) is 14.9. The minimum Gasteiger partial charge on any atom is -1.00 e. The van der Waals surface area contributed by atoms with Gasteiger partial charge in [-0.3, -0.25) is 6.08 Å². The van der Waals surface area contributed by atoms with Crippen LogP contribution in [0.1, 0.15) is 72.2 Å². The molecule has 0 atom stereocenters. The molecule has 5 aromatic rings. The molecule has 0 nitrogen and oxygen atoms in total. The first-order valence-corrected chi connectivity index (χ1v) is 16.2. The Bertz CT molecular complexity index is 1790. The standard InChI is InChI=1S/C23H21.C13H8F2.C5H5.2ClH.Zr/c1-22(2)7-5-14-10-18-16(12-20(14)22)9-17-13-21-15(11-19(17)18)6-8-23(21,3)4;14-12-5-1-3-10(8-12)7-11-4-2-6-13(15)9-11;1-2-4-5-3-1;;;/h5-7,10-13H,9H2,1-4H3;1-6,8-9H;1-5H;2*1H;/q-1;;-1;;;+2/p-2. The smallest absolute Gasteiger partial charge is 0.172 e. The quantitative estimate of drug-likeness (QED) is 0.236. The molecule has 46 heavy (non-hydrogen) atoms. The molecule has 0 aromatic heterocycles. The van der Waals surface area contributed by atoms with Gasteiger partial charge in [0.25, 0.3) is 0 Å². The summed E-state index contributed by atoms with van der Waals surface area (Å²) in [5.74, 6) is -0.539. The molecule has 0 radical (unpaired) electrons. The molecule has 5 heteroatoms. The molecular weight excluding hydrogens is 693 g/mol. The Morgan fingerprint density at radius 3 is 1.78 bits per heavy atom. The van der Waals surface area contributed by atoms with Crippen molar-refractivity contribution in [3.8, 4) is 11.1 Å². The van der Waals surface area contributed by atoms with E-state index < -0.39 is 0 Å². The zero-order chi connectivity index (χ0) is 31.1. The van der Waals surface area contributed by atoms with Crippen LogP contribution in [0, 0.1) is 17.7 Å². The number of fused-ring (bicyclic) bond motifs is 5. The fraction of sp³-hybridized carbons (Fsp3) is 0.171.